The SMILES string of the molecule is CCSc1nnc(Nc2ccc(SC(F)F)cc2)s1. The average Bonchev–Trinajstić information content (AvgIpc) is 2.79. The Morgan fingerprint density at radius 1 is 1.26 bits per heavy atom. The van der Waals surface area contributed by atoms with E-state index in [-0.39, 0.29) is 0 Å². The second-order valence-corrected chi connectivity index (χ2v) is 6.89. The monoisotopic (exact) mass is 319 g/mol. The van der Waals surface area contributed by atoms with E-state index in [1.165, 1.54) is 11.3 Å². The summed E-state index contributed by atoms with van der Waals surface area (Å²) in [4.78, 5) is 0.542. The molecule has 19 heavy (non-hydrogen) atoms. The molecule has 0 aliphatic rings. The van der Waals surface area contributed by atoms with E-state index in [0.717, 1.165) is 15.8 Å². The Labute approximate surface area is 122 Å². The van der Waals surface area contributed by atoms with Crippen LogP contribution in [0.4, 0.5) is 19.6 Å². The van der Waals surface area contributed by atoms with E-state index in [4.69, 9.17) is 0 Å². The van der Waals surface area contributed by atoms with Crippen LogP contribution in [-0.4, -0.2) is 21.7 Å². The van der Waals surface area contributed by atoms with Crippen LogP contribution in [0.2, 0.25) is 0 Å². The van der Waals surface area contributed by atoms with E-state index in [1.807, 2.05) is 0 Å². The smallest absolute Gasteiger partial charge is 0.288 e. The number of hydrogen-bond donors (Lipinski definition) is 1. The summed E-state index contributed by atoms with van der Waals surface area (Å²) in [6, 6.07) is 6.81. The third-order valence-electron chi connectivity index (χ3n) is 2.01. The molecule has 1 aromatic heterocycles. The van der Waals surface area contributed by atoms with E-state index in [2.05, 4.69) is 22.4 Å². The van der Waals surface area contributed by atoms with Crippen LogP contribution in [0.5, 0.6) is 0 Å². The number of benzene rings is 1. The van der Waals surface area contributed by atoms with Crippen LogP contribution < -0.4 is 5.32 Å². The lowest BCUT2D eigenvalue weighted by molar-refractivity contribution is 0.252. The topological polar surface area (TPSA) is 37.8 Å². The van der Waals surface area contributed by atoms with Crippen molar-refractivity contribution in [3.63, 3.8) is 0 Å². The molecule has 0 fully saturated rings. The number of hydrogen-bond acceptors (Lipinski definition) is 6. The fraction of sp³-hybridized carbons (Fsp3) is 0.273. The lowest BCUT2D eigenvalue weighted by Crippen LogP contribution is -1.89. The molecule has 0 bridgehead atoms. The van der Waals surface area contributed by atoms with Crippen molar-refractivity contribution in [1.29, 1.82) is 0 Å². The summed E-state index contributed by atoms with van der Waals surface area (Å²) in [6.07, 6.45) is 0. The zero-order chi connectivity index (χ0) is 13.7. The van der Waals surface area contributed by atoms with Crippen molar-refractivity contribution in [2.24, 2.45) is 0 Å². The maximum Gasteiger partial charge on any atom is 0.288 e. The van der Waals surface area contributed by atoms with Crippen LogP contribution in [0.3, 0.4) is 0 Å². The Kier molecular flexibility index (Phi) is 5.41. The molecule has 1 heterocycles. The van der Waals surface area contributed by atoms with Crippen LogP contribution in [0.1, 0.15) is 6.92 Å². The minimum absolute atomic E-state index is 0.534. The highest BCUT2D eigenvalue weighted by molar-refractivity contribution is 8.01. The molecule has 0 saturated carbocycles. The van der Waals surface area contributed by atoms with Crippen LogP contribution in [0.25, 0.3) is 0 Å². The van der Waals surface area contributed by atoms with Crippen molar-refractivity contribution >= 4 is 45.7 Å². The van der Waals surface area contributed by atoms with E-state index in [9.17, 15) is 8.78 Å². The Hall–Kier alpha value is -0.860. The van der Waals surface area contributed by atoms with E-state index >= 15 is 0 Å². The molecule has 2 rings (SSSR count). The lowest BCUT2D eigenvalue weighted by atomic mass is 10.3. The molecule has 102 valence electrons. The van der Waals surface area contributed by atoms with Crippen LogP contribution in [-0.2, 0) is 0 Å². The summed E-state index contributed by atoms with van der Waals surface area (Å²) in [6.45, 7) is 2.05. The summed E-state index contributed by atoms with van der Waals surface area (Å²) in [5.74, 6) is -1.44. The minimum atomic E-state index is -2.39. The highest BCUT2D eigenvalue weighted by Crippen LogP contribution is 2.29. The zero-order valence-electron chi connectivity index (χ0n) is 9.97. The molecular formula is C11H11F2N3S3. The molecule has 2 aromatic rings. The first-order chi connectivity index (χ1) is 9.17. The number of aromatic nitrogens is 2. The van der Waals surface area contributed by atoms with Gasteiger partial charge in [0.25, 0.3) is 5.76 Å². The van der Waals surface area contributed by atoms with E-state index in [0.29, 0.717) is 21.8 Å². The van der Waals surface area contributed by atoms with Gasteiger partial charge >= 0.3 is 0 Å². The molecule has 0 spiro atoms. The molecule has 0 aliphatic heterocycles. The number of nitrogens with one attached hydrogen (secondary N) is 1. The van der Waals surface area contributed by atoms with Gasteiger partial charge in [-0.15, -0.1) is 10.2 Å². The summed E-state index contributed by atoms with van der Waals surface area (Å²) in [5, 5.41) is 11.8. The van der Waals surface area contributed by atoms with Gasteiger partial charge in [-0.3, -0.25) is 0 Å². The highest BCUT2D eigenvalue weighted by Gasteiger charge is 2.06. The molecule has 0 unspecified atom stereocenters. The second kappa shape index (κ2) is 7.06. The fourth-order valence-corrected chi connectivity index (χ4v) is 3.45. The third-order valence-corrected chi connectivity index (χ3v) is 4.58. The zero-order valence-corrected chi connectivity index (χ0v) is 12.4. The van der Waals surface area contributed by atoms with Gasteiger partial charge in [-0.05, 0) is 30.0 Å². The van der Waals surface area contributed by atoms with Gasteiger partial charge in [0.15, 0.2) is 4.34 Å². The number of nitrogens with zero attached hydrogens (tertiary/aromatic N) is 2. The van der Waals surface area contributed by atoms with Gasteiger partial charge in [-0.2, -0.15) is 8.78 Å². The largest absolute Gasteiger partial charge is 0.330 e. The van der Waals surface area contributed by atoms with Gasteiger partial charge in [-0.25, -0.2) is 0 Å². The molecule has 8 heteroatoms. The van der Waals surface area contributed by atoms with Crippen molar-refractivity contribution < 1.29 is 8.78 Å². The average molecular weight is 319 g/mol. The van der Waals surface area contributed by atoms with Crippen LogP contribution in [0, 0.1) is 0 Å². The molecule has 1 aromatic carbocycles. The van der Waals surface area contributed by atoms with Crippen molar-refractivity contribution in [2.75, 3.05) is 11.1 Å². The summed E-state index contributed by atoms with van der Waals surface area (Å²) in [7, 11) is 0. The van der Waals surface area contributed by atoms with Gasteiger partial charge in [0.1, 0.15) is 0 Å². The van der Waals surface area contributed by atoms with Gasteiger partial charge in [0.05, 0.1) is 0 Å². The van der Waals surface area contributed by atoms with Crippen molar-refractivity contribution in [1.82, 2.24) is 10.2 Å². The van der Waals surface area contributed by atoms with E-state index in [1.54, 1.807) is 36.0 Å². The quantitative estimate of drug-likeness (QED) is 0.781. The molecule has 0 saturated heterocycles. The van der Waals surface area contributed by atoms with Crippen molar-refractivity contribution in [3.05, 3.63) is 24.3 Å². The first-order valence-corrected chi connectivity index (χ1v) is 8.13. The van der Waals surface area contributed by atoms with Crippen LogP contribution in [0.15, 0.2) is 33.5 Å². The number of anilines is 2. The molecule has 0 atom stereocenters. The molecule has 0 amide bonds. The Morgan fingerprint density at radius 2 is 2.00 bits per heavy atom. The number of thioether (sulfide) groups is 2. The molecule has 0 aliphatic carbocycles. The first kappa shape index (κ1) is 14.5. The third kappa shape index (κ3) is 4.63. The van der Waals surface area contributed by atoms with Crippen molar-refractivity contribution in [2.45, 2.75) is 21.9 Å². The summed E-state index contributed by atoms with van der Waals surface area (Å²) < 4.78 is 25.3. The maximum absolute atomic E-state index is 12.2. The van der Waals surface area contributed by atoms with Crippen molar-refractivity contribution in [3.8, 4) is 0 Å². The Balaban J connectivity index is 1.98. The summed E-state index contributed by atoms with van der Waals surface area (Å²) in [5.41, 5.74) is 0.808. The number of alkyl halides is 2. The Morgan fingerprint density at radius 3 is 2.63 bits per heavy atom. The highest BCUT2D eigenvalue weighted by atomic mass is 32.2. The standard InChI is InChI=1S/C11H11F2N3S3/c1-2-17-11-16-15-10(19-11)14-7-3-5-8(6-4-7)18-9(12)13/h3-6,9H,2H2,1H3,(H,14,15). The maximum atomic E-state index is 12.2. The number of rotatable bonds is 6. The Bertz CT molecular complexity index is 516. The fourth-order valence-electron chi connectivity index (χ4n) is 1.29. The van der Waals surface area contributed by atoms with Gasteiger partial charge in [-0.1, -0.05) is 41.8 Å². The lowest BCUT2D eigenvalue weighted by Gasteiger charge is -2.03. The van der Waals surface area contributed by atoms with Gasteiger partial charge in [0.2, 0.25) is 5.13 Å². The van der Waals surface area contributed by atoms with Crippen LogP contribution >= 0.6 is 34.9 Å². The normalized spacial score (nSPS) is 10.9. The minimum Gasteiger partial charge on any atom is -0.330 e. The molecule has 0 radical (unpaired) electrons. The first-order valence-electron chi connectivity index (χ1n) is 5.45. The molecule has 3 nitrogen and oxygen atoms in total. The van der Waals surface area contributed by atoms with Gasteiger partial charge < -0.3 is 5.32 Å². The predicted octanol–water partition coefficient (Wildman–Crippen LogP) is 4.71. The predicted molar refractivity (Wildman–Crippen MR) is 77.9 cm³/mol. The number of halogens is 2. The molecular weight excluding hydrogens is 308 g/mol. The second-order valence-electron chi connectivity index (χ2n) is 3.33. The van der Waals surface area contributed by atoms with Gasteiger partial charge in [0, 0.05) is 10.6 Å². The van der Waals surface area contributed by atoms with E-state index < -0.39 is 5.76 Å². The summed E-state index contributed by atoms with van der Waals surface area (Å²) >= 11 is 3.64. The molecule has 1 N–H and O–H groups in total.